The van der Waals surface area contributed by atoms with Gasteiger partial charge in [0.15, 0.2) is 12.2 Å². The zero-order valence-corrected chi connectivity index (χ0v) is 14.7. The molecule has 6 nitrogen and oxygen atoms in total. The SMILES string of the molecule is C[C@H](Oc1ccc(C#N)cc1)C(=O)O[C@H](C)C(=O)N1CCCCCC1. The van der Waals surface area contributed by atoms with Crippen molar-refractivity contribution < 1.29 is 19.1 Å². The lowest BCUT2D eigenvalue weighted by Crippen LogP contribution is -2.42. The monoisotopic (exact) mass is 344 g/mol. The zero-order valence-electron chi connectivity index (χ0n) is 14.7. The highest BCUT2D eigenvalue weighted by Crippen LogP contribution is 2.15. The van der Waals surface area contributed by atoms with Gasteiger partial charge in [0, 0.05) is 13.1 Å². The number of ether oxygens (including phenoxy) is 2. The van der Waals surface area contributed by atoms with Crippen LogP contribution in [0.15, 0.2) is 24.3 Å². The Morgan fingerprint density at radius 3 is 2.20 bits per heavy atom. The zero-order chi connectivity index (χ0) is 18.2. The first-order chi connectivity index (χ1) is 12.0. The molecule has 1 aliphatic heterocycles. The number of carbonyl (C=O) groups is 2. The Hall–Kier alpha value is -2.55. The Labute approximate surface area is 148 Å². The normalized spacial score (nSPS) is 16.9. The average Bonchev–Trinajstić information content (AvgIpc) is 2.90. The number of nitrogens with zero attached hydrogens (tertiary/aromatic N) is 2. The number of amides is 1. The minimum absolute atomic E-state index is 0.152. The van der Waals surface area contributed by atoms with E-state index in [4.69, 9.17) is 14.7 Å². The summed E-state index contributed by atoms with van der Waals surface area (Å²) < 4.78 is 10.8. The largest absolute Gasteiger partial charge is 0.479 e. The molecule has 0 saturated carbocycles. The standard InChI is InChI=1S/C19H24N2O4/c1-14(18(22)21-11-5-3-4-6-12-21)25-19(23)15(2)24-17-9-7-16(13-20)8-10-17/h7-10,14-15H,3-6,11-12H2,1-2H3/t14-,15+/m1/s1. The number of rotatable bonds is 5. The second-order valence-electron chi connectivity index (χ2n) is 6.21. The maximum Gasteiger partial charge on any atom is 0.347 e. The molecule has 1 aromatic carbocycles. The Kier molecular flexibility index (Phi) is 6.81. The van der Waals surface area contributed by atoms with E-state index < -0.39 is 18.2 Å². The van der Waals surface area contributed by atoms with Gasteiger partial charge in [-0.1, -0.05) is 12.8 Å². The Morgan fingerprint density at radius 1 is 1.04 bits per heavy atom. The molecule has 0 N–H and O–H groups in total. The fourth-order valence-electron chi connectivity index (χ4n) is 2.73. The van der Waals surface area contributed by atoms with Gasteiger partial charge in [0.1, 0.15) is 5.75 Å². The number of benzene rings is 1. The van der Waals surface area contributed by atoms with Gasteiger partial charge in [-0.25, -0.2) is 4.79 Å². The lowest BCUT2D eigenvalue weighted by atomic mass is 10.2. The lowest BCUT2D eigenvalue weighted by molar-refractivity contribution is -0.164. The molecule has 1 aliphatic rings. The van der Waals surface area contributed by atoms with Crippen LogP contribution in [0.5, 0.6) is 5.75 Å². The molecule has 1 amide bonds. The first-order valence-electron chi connectivity index (χ1n) is 8.67. The van der Waals surface area contributed by atoms with E-state index in [0.717, 1.165) is 38.8 Å². The maximum atomic E-state index is 12.4. The van der Waals surface area contributed by atoms with Gasteiger partial charge in [0.05, 0.1) is 11.6 Å². The highest BCUT2D eigenvalue weighted by atomic mass is 16.6. The lowest BCUT2D eigenvalue weighted by Gasteiger charge is -2.24. The molecule has 2 rings (SSSR count). The summed E-state index contributed by atoms with van der Waals surface area (Å²) in [5, 5.41) is 8.77. The van der Waals surface area contributed by atoms with Crippen molar-refractivity contribution in [3.8, 4) is 11.8 Å². The van der Waals surface area contributed by atoms with E-state index in [1.54, 1.807) is 43.0 Å². The molecule has 1 aromatic rings. The first kappa shape index (κ1) is 18.8. The smallest absolute Gasteiger partial charge is 0.347 e. The number of hydrogen-bond donors (Lipinski definition) is 0. The summed E-state index contributed by atoms with van der Waals surface area (Å²) in [7, 11) is 0. The highest BCUT2D eigenvalue weighted by Gasteiger charge is 2.27. The van der Waals surface area contributed by atoms with Gasteiger partial charge >= 0.3 is 5.97 Å². The minimum Gasteiger partial charge on any atom is -0.479 e. The van der Waals surface area contributed by atoms with E-state index in [1.807, 2.05) is 6.07 Å². The molecule has 2 atom stereocenters. The summed E-state index contributed by atoms with van der Waals surface area (Å²) in [6.45, 7) is 4.61. The van der Waals surface area contributed by atoms with E-state index in [1.165, 1.54) is 0 Å². The summed E-state index contributed by atoms with van der Waals surface area (Å²) in [5.41, 5.74) is 0.513. The van der Waals surface area contributed by atoms with Crippen LogP contribution in [0.4, 0.5) is 0 Å². The predicted octanol–water partition coefficient (Wildman–Crippen LogP) is 2.66. The molecule has 1 fully saturated rings. The molecule has 6 heteroatoms. The fourth-order valence-corrected chi connectivity index (χ4v) is 2.73. The van der Waals surface area contributed by atoms with Gasteiger partial charge in [-0.3, -0.25) is 4.79 Å². The summed E-state index contributed by atoms with van der Waals surface area (Å²) >= 11 is 0. The molecule has 0 bridgehead atoms. The Bertz CT molecular complexity index is 628. The third kappa shape index (κ3) is 5.49. The van der Waals surface area contributed by atoms with Crippen molar-refractivity contribution in [3.63, 3.8) is 0 Å². The quantitative estimate of drug-likeness (QED) is 0.767. The van der Waals surface area contributed by atoms with Crippen LogP contribution in [0.3, 0.4) is 0 Å². The number of esters is 1. The van der Waals surface area contributed by atoms with Gasteiger partial charge in [-0.2, -0.15) is 5.26 Å². The maximum absolute atomic E-state index is 12.4. The van der Waals surface area contributed by atoms with Gasteiger partial charge in [0.25, 0.3) is 5.91 Å². The predicted molar refractivity (Wildman–Crippen MR) is 91.8 cm³/mol. The molecule has 0 spiro atoms. The van der Waals surface area contributed by atoms with Gasteiger partial charge in [0.2, 0.25) is 0 Å². The van der Waals surface area contributed by atoms with Crippen LogP contribution in [-0.2, 0) is 14.3 Å². The first-order valence-corrected chi connectivity index (χ1v) is 8.67. The molecular formula is C19H24N2O4. The summed E-state index contributed by atoms with van der Waals surface area (Å²) in [5.74, 6) is -0.268. The van der Waals surface area contributed by atoms with Crippen LogP contribution in [0.2, 0.25) is 0 Å². The van der Waals surface area contributed by atoms with E-state index in [-0.39, 0.29) is 5.91 Å². The number of carbonyl (C=O) groups excluding carboxylic acids is 2. The van der Waals surface area contributed by atoms with Crippen LogP contribution in [0, 0.1) is 11.3 Å². The molecule has 25 heavy (non-hydrogen) atoms. The van der Waals surface area contributed by atoms with Crippen molar-refractivity contribution in [1.82, 2.24) is 4.90 Å². The molecular weight excluding hydrogens is 320 g/mol. The van der Waals surface area contributed by atoms with Gasteiger partial charge in [-0.15, -0.1) is 0 Å². The van der Waals surface area contributed by atoms with Crippen molar-refractivity contribution in [3.05, 3.63) is 29.8 Å². The third-order valence-electron chi connectivity index (χ3n) is 4.19. The summed E-state index contributed by atoms with van der Waals surface area (Å²) in [6, 6.07) is 8.47. The van der Waals surface area contributed by atoms with E-state index in [0.29, 0.717) is 11.3 Å². The van der Waals surface area contributed by atoms with E-state index in [9.17, 15) is 9.59 Å². The Balaban J connectivity index is 1.86. The van der Waals surface area contributed by atoms with E-state index in [2.05, 4.69) is 0 Å². The Morgan fingerprint density at radius 2 is 1.64 bits per heavy atom. The minimum atomic E-state index is -0.840. The second kappa shape index (κ2) is 9.07. The number of hydrogen-bond acceptors (Lipinski definition) is 5. The van der Waals surface area contributed by atoms with Crippen molar-refractivity contribution in [2.24, 2.45) is 0 Å². The topological polar surface area (TPSA) is 79.6 Å². The number of nitriles is 1. The number of likely N-dealkylation sites (tertiary alicyclic amines) is 1. The molecule has 0 aliphatic carbocycles. The molecule has 0 unspecified atom stereocenters. The fraction of sp³-hybridized carbons (Fsp3) is 0.526. The van der Waals surface area contributed by atoms with Crippen molar-refractivity contribution >= 4 is 11.9 Å². The second-order valence-corrected chi connectivity index (χ2v) is 6.21. The van der Waals surface area contributed by atoms with Crippen molar-refractivity contribution in [1.29, 1.82) is 5.26 Å². The van der Waals surface area contributed by atoms with Crippen LogP contribution in [-0.4, -0.2) is 42.1 Å². The molecule has 0 radical (unpaired) electrons. The van der Waals surface area contributed by atoms with Crippen LogP contribution >= 0.6 is 0 Å². The van der Waals surface area contributed by atoms with Gasteiger partial charge in [-0.05, 0) is 51.0 Å². The van der Waals surface area contributed by atoms with Crippen LogP contribution in [0.1, 0.15) is 45.1 Å². The van der Waals surface area contributed by atoms with Crippen molar-refractivity contribution in [2.75, 3.05) is 13.1 Å². The molecule has 134 valence electrons. The van der Waals surface area contributed by atoms with Crippen LogP contribution < -0.4 is 4.74 Å². The molecule has 1 heterocycles. The van der Waals surface area contributed by atoms with Crippen molar-refractivity contribution in [2.45, 2.75) is 51.7 Å². The van der Waals surface area contributed by atoms with Gasteiger partial charge < -0.3 is 14.4 Å². The molecule has 1 saturated heterocycles. The van der Waals surface area contributed by atoms with Crippen LogP contribution in [0.25, 0.3) is 0 Å². The third-order valence-corrected chi connectivity index (χ3v) is 4.19. The average molecular weight is 344 g/mol. The van der Waals surface area contributed by atoms with E-state index >= 15 is 0 Å². The summed E-state index contributed by atoms with van der Waals surface area (Å²) in [4.78, 5) is 26.4. The highest BCUT2D eigenvalue weighted by molar-refractivity contribution is 5.84. The molecule has 0 aromatic heterocycles. The summed E-state index contributed by atoms with van der Waals surface area (Å²) in [6.07, 6.45) is 2.58.